The van der Waals surface area contributed by atoms with Crippen LogP contribution in [-0.4, -0.2) is 6.16 Å². The Hall–Kier alpha value is -1.13. The summed E-state index contributed by atoms with van der Waals surface area (Å²) in [5.74, 6) is 0. The molecule has 0 amide bonds. The van der Waals surface area contributed by atoms with Crippen molar-refractivity contribution in [2.24, 2.45) is 0 Å². The molecule has 0 aliphatic carbocycles. The van der Waals surface area contributed by atoms with Crippen molar-refractivity contribution in [3.05, 3.63) is 58.7 Å². The maximum Gasteiger partial charge on any atom is -0.0160 e. The highest BCUT2D eigenvalue weighted by Gasteiger charge is 2.22. The van der Waals surface area contributed by atoms with Gasteiger partial charge < -0.3 is 0 Å². The van der Waals surface area contributed by atoms with Crippen molar-refractivity contribution in [3.63, 3.8) is 0 Å². The van der Waals surface area contributed by atoms with Gasteiger partial charge in [-0.2, -0.15) is 0 Å². The van der Waals surface area contributed by atoms with Gasteiger partial charge in [-0.05, 0) is 105 Å². The summed E-state index contributed by atoms with van der Waals surface area (Å²) in [6.45, 7) is 11.7. The van der Waals surface area contributed by atoms with Crippen LogP contribution in [0.4, 0.5) is 0 Å². The van der Waals surface area contributed by atoms with Gasteiger partial charge >= 0.3 is 0 Å². The summed E-state index contributed by atoms with van der Waals surface area (Å²) in [6, 6.07) is 14.8. The predicted molar refractivity (Wildman–Crippen MR) is 163 cm³/mol. The van der Waals surface area contributed by atoms with Crippen LogP contribution in [-0.2, 0) is 25.7 Å². The van der Waals surface area contributed by atoms with E-state index in [1.165, 1.54) is 109 Å². The lowest BCUT2D eigenvalue weighted by molar-refractivity contribution is 0.705. The summed E-state index contributed by atoms with van der Waals surface area (Å²) in [6.07, 6.45) is 22.2. The number of rotatable bonds is 19. The Kier molecular flexibility index (Phi) is 15.6. The van der Waals surface area contributed by atoms with Gasteiger partial charge in [-0.15, -0.1) is 0 Å². The van der Waals surface area contributed by atoms with Crippen molar-refractivity contribution in [3.8, 4) is 0 Å². The first-order chi connectivity index (χ1) is 17.2. The van der Waals surface area contributed by atoms with Crippen LogP contribution in [0, 0.1) is 0 Å². The third kappa shape index (κ3) is 9.69. The highest BCUT2D eigenvalue weighted by Crippen LogP contribution is 2.40. The topological polar surface area (TPSA) is 0 Å². The first-order valence-corrected chi connectivity index (χ1v) is 16.7. The van der Waals surface area contributed by atoms with Gasteiger partial charge in [-0.3, -0.25) is 0 Å². The van der Waals surface area contributed by atoms with Gasteiger partial charge in [-0.25, -0.2) is 0 Å². The van der Waals surface area contributed by atoms with Crippen molar-refractivity contribution in [1.29, 1.82) is 0 Å². The van der Waals surface area contributed by atoms with Crippen LogP contribution < -0.4 is 10.6 Å². The molecule has 0 atom stereocenters. The summed E-state index contributed by atoms with van der Waals surface area (Å²) >= 11 is 0. The number of benzene rings is 2. The molecule has 196 valence electrons. The molecule has 0 saturated heterocycles. The first-order valence-electron chi connectivity index (χ1n) is 15.2. The van der Waals surface area contributed by atoms with E-state index in [-0.39, 0.29) is 7.92 Å². The molecule has 0 spiro atoms. The Labute approximate surface area is 220 Å². The molecule has 2 aromatic carbocycles. The first kappa shape index (κ1) is 30.1. The largest absolute Gasteiger partial charge is 0.0654 e. The van der Waals surface area contributed by atoms with Crippen molar-refractivity contribution in [1.82, 2.24) is 0 Å². The zero-order valence-electron chi connectivity index (χ0n) is 23.9. The van der Waals surface area contributed by atoms with Gasteiger partial charge in [0, 0.05) is 0 Å². The average molecular weight is 495 g/mol. The van der Waals surface area contributed by atoms with Crippen LogP contribution in [0.2, 0.25) is 0 Å². The lowest BCUT2D eigenvalue weighted by Crippen LogP contribution is -2.23. The predicted octanol–water partition coefficient (Wildman–Crippen LogP) is 10.1. The maximum atomic E-state index is 2.54. The molecule has 0 saturated carbocycles. The van der Waals surface area contributed by atoms with Crippen LogP contribution >= 0.6 is 7.92 Å². The summed E-state index contributed by atoms with van der Waals surface area (Å²) in [7, 11) is -0.305. The van der Waals surface area contributed by atoms with Crippen molar-refractivity contribution < 1.29 is 0 Å². The second-order valence-electron chi connectivity index (χ2n) is 10.5. The molecular formula is C34H55P. The molecule has 1 heteroatoms. The summed E-state index contributed by atoms with van der Waals surface area (Å²) in [5, 5.41) is 3.45. The van der Waals surface area contributed by atoms with Crippen LogP contribution in [0.3, 0.4) is 0 Å². The van der Waals surface area contributed by atoms with Gasteiger partial charge in [0.1, 0.15) is 0 Å². The molecule has 0 aliphatic rings. The molecule has 0 aromatic heterocycles. The zero-order valence-corrected chi connectivity index (χ0v) is 24.8. The van der Waals surface area contributed by atoms with Crippen LogP contribution in [0.25, 0.3) is 0 Å². The minimum absolute atomic E-state index is 0.305. The van der Waals surface area contributed by atoms with Crippen LogP contribution in [0.15, 0.2) is 36.4 Å². The fourth-order valence-corrected chi connectivity index (χ4v) is 8.28. The third-order valence-electron chi connectivity index (χ3n) is 7.47. The van der Waals surface area contributed by atoms with E-state index in [2.05, 4.69) is 71.0 Å². The molecular weight excluding hydrogens is 439 g/mol. The fraction of sp³-hybridized carbons (Fsp3) is 0.647. The van der Waals surface area contributed by atoms with Crippen molar-refractivity contribution >= 4 is 18.5 Å². The lowest BCUT2D eigenvalue weighted by atomic mass is 9.97. The van der Waals surface area contributed by atoms with Crippen molar-refractivity contribution in [2.75, 3.05) is 6.16 Å². The molecule has 0 radical (unpaired) electrons. The fourth-order valence-electron chi connectivity index (χ4n) is 5.30. The smallest absolute Gasteiger partial charge is 0.0160 e. The molecule has 0 heterocycles. The Bertz CT molecular complexity index is 758. The quantitative estimate of drug-likeness (QED) is 0.135. The van der Waals surface area contributed by atoms with E-state index in [9.17, 15) is 0 Å². The normalized spacial score (nSPS) is 11.5. The van der Waals surface area contributed by atoms with Crippen LogP contribution in [0.1, 0.15) is 134 Å². The van der Waals surface area contributed by atoms with E-state index < -0.39 is 0 Å². The second kappa shape index (κ2) is 18.2. The summed E-state index contributed by atoms with van der Waals surface area (Å²) in [5.41, 5.74) is 6.75. The molecule has 0 fully saturated rings. The van der Waals surface area contributed by atoms with Gasteiger partial charge in [0.15, 0.2) is 0 Å². The van der Waals surface area contributed by atoms with Crippen molar-refractivity contribution in [2.45, 2.75) is 137 Å². The van der Waals surface area contributed by atoms with Gasteiger partial charge in [0.05, 0.1) is 0 Å². The standard InChI is InChI=1S/C34H55P/c1-6-11-16-17-28-35(33-26-18-22-29(20-12-7-2)31(33)24-14-9-4)34-27-19-23-30(21-13-8-3)32(34)25-15-10-5/h18-19,22-23,26-27H,6-17,20-21,24-25,28H2,1-5H3. The Morgan fingerprint density at radius 1 is 0.457 bits per heavy atom. The van der Waals surface area contributed by atoms with E-state index in [1.807, 2.05) is 0 Å². The van der Waals surface area contributed by atoms with E-state index in [4.69, 9.17) is 0 Å². The average Bonchev–Trinajstić information content (AvgIpc) is 2.88. The van der Waals surface area contributed by atoms with Gasteiger partial charge in [-0.1, -0.05) is 116 Å². The van der Waals surface area contributed by atoms with E-state index in [0.717, 1.165) is 0 Å². The molecule has 35 heavy (non-hydrogen) atoms. The Morgan fingerprint density at radius 3 is 1.31 bits per heavy atom. The van der Waals surface area contributed by atoms with E-state index in [0.29, 0.717) is 0 Å². The molecule has 0 N–H and O–H groups in total. The maximum absolute atomic E-state index is 2.54. The molecule has 2 rings (SSSR count). The number of hydrogen-bond donors (Lipinski definition) is 0. The van der Waals surface area contributed by atoms with Gasteiger partial charge in [0.2, 0.25) is 0 Å². The highest BCUT2D eigenvalue weighted by atomic mass is 31.1. The van der Waals surface area contributed by atoms with Gasteiger partial charge in [0.25, 0.3) is 0 Å². The molecule has 2 aromatic rings. The molecule has 0 aliphatic heterocycles. The lowest BCUT2D eigenvalue weighted by Gasteiger charge is -2.27. The monoisotopic (exact) mass is 494 g/mol. The number of unbranched alkanes of at least 4 members (excludes halogenated alkanes) is 7. The second-order valence-corrected chi connectivity index (χ2v) is 12.7. The van der Waals surface area contributed by atoms with E-state index >= 15 is 0 Å². The highest BCUT2D eigenvalue weighted by molar-refractivity contribution is 7.73. The minimum atomic E-state index is -0.305. The zero-order chi connectivity index (χ0) is 25.3. The minimum Gasteiger partial charge on any atom is -0.0654 e. The van der Waals surface area contributed by atoms with E-state index in [1.54, 1.807) is 32.9 Å². The summed E-state index contributed by atoms with van der Waals surface area (Å²) in [4.78, 5) is 0. The Balaban J connectivity index is 2.60. The Morgan fingerprint density at radius 2 is 0.886 bits per heavy atom. The van der Waals surface area contributed by atoms with Crippen LogP contribution in [0.5, 0.6) is 0 Å². The molecule has 0 unspecified atom stereocenters. The third-order valence-corrected chi connectivity index (χ3v) is 10.2. The molecule has 0 bridgehead atoms. The number of aryl methyl sites for hydroxylation is 2. The number of hydrogen-bond acceptors (Lipinski definition) is 0. The molecule has 0 nitrogen and oxygen atoms in total. The summed E-state index contributed by atoms with van der Waals surface area (Å²) < 4.78 is 0. The SMILES string of the molecule is CCCCCCP(c1cccc(CCCC)c1CCCC)c1cccc(CCCC)c1CCCC.